The lowest BCUT2D eigenvalue weighted by molar-refractivity contribution is -0.132. The number of benzene rings is 1. The molecule has 0 bridgehead atoms. The van der Waals surface area contributed by atoms with Crippen molar-refractivity contribution in [3.8, 4) is 0 Å². The Hall–Kier alpha value is -1.97. The van der Waals surface area contributed by atoms with Gasteiger partial charge < -0.3 is 10.2 Å². The van der Waals surface area contributed by atoms with Gasteiger partial charge in [-0.3, -0.25) is 14.5 Å². The van der Waals surface area contributed by atoms with Crippen LogP contribution in [0.15, 0.2) is 29.2 Å². The van der Waals surface area contributed by atoms with E-state index in [2.05, 4.69) is 5.32 Å². The average Bonchev–Trinajstić information content (AvgIpc) is 2.63. The van der Waals surface area contributed by atoms with Crippen LogP contribution in [0.2, 0.25) is 0 Å². The van der Waals surface area contributed by atoms with E-state index in [1.165, 1.54) is 23.4 Å². The number of sulfonamides is 1. The van der Waals surface area contributed by atoms with E-state index in [1.807, 2.05) is 18.7 Å². The van der Waals surface area contributed by atoms with Crippen LogP contribution in [0.4, 0.5) is 5.69 Å². The summed E-state index contributed by atoms with van der Waals surface area (Å²) in [6, 6.07) is 6.15. The third-order valence-electron chi connectivity index (χ3n) is 4.62. The van der Waals surface area contributed by atoms with Crippen molar-refractivity contribution in [2.24, 2.45) is 0 Å². The molecule has 2 amide bonds. The number of hydrogen-bond donors (Lipinski definition) is 1. The van der Waals surface area contributed by atoms with Crippen LogP contribution in [0.1, 0.15) is 20.8 Å². The smallest absolute Gasteiger partial charge is 0.243 e. The Bertz CT molecular complexity index is 752. The SMILES string of the molecule is CCN(CC)C(=O)CN1CCN(S(=O)(=O)c2ccc(NC(C)=O)cc2)CC1. The molecule has 1 saturated heterocycles. The number of likely N-dealkylation sites (N-methyl/N-ethyl adjacent to an activating group) is 1. The molecule has 0 aromatic heterocycles. The van der Waals surface area contributed by atoms with Crippen LogP contribution in [0.3, 0.4) is 0 Å². The zero-order valence-corrected chi connectivity index (χ0v) is 17.0. The van der Waals surface area contributed by atoms with Gasteiger partial charge in [0.25, 0.3) is 0 Å². The van der Waals surface area contributed by atoms with Crippen LogP contribution in [0, 0.1) is 0 Å². The highest BCUT2D eigenvalue weighted by atomic mass is 32.2. The molecule has 1 fully saturated rings. The number of carbonyl (C=O) groups is 2. The first-order valence-corrected chi connectivity index (χ1v) is 10.6. The molecule has 0 saturated carbocycles. The summed E-state index contributed by atoms with van der Waals surface area (Å²) in [7, 11) is -3.59. The lowest BCUT2D eigenvalue weighted by atomic mass is 10.3. The molecule has 1 aliphatic rings. The molecule has 27 heavy (non-hydrogen) atoms. The van der Waals surface area contributed by atoms with Gasteiger partial charge in [-0.15, -0.1) is 0 Å². The topological polar surface area (TPSA) is 90.0 Å². The number of nitrogens with zero attached hydrogens (tertiary/aromatic N) is 3. The van der Waals surface area contributed by atoms with Crippen molar-refractivity contribution < 1.29 is 18.0 Å². The van der Waals surface area contributed by atoms with E-state index in [4.69, 9.17) is 0 Å². The summed E-state index contributed by atoms with van der Waals surface area (Å²) < 4.78 is 27.0. The first-order valence-electron chi connectivity index (χ1n) is 9.15. The summed E-state index contributed by atoms with van der Waals surface area (Å²) in [5.41, 5.74) is 0.557. The summed E-state index contributed by atoms with van der Waals surface area (Å²) >= 11 is 0. The summed E-state index contributed by atoms with van der Waals surface area (Å²) in [6.07, 6.45) is 0. The van der Waals surface area contributed by atoms with E-state index in [1.54, 1.807) is 17.0 Å². The maximum Gasteiger partial charge on any atom is 0.243 e. The molecule has 9 heteroatoms. The van der Waals surface area contributed by atoms with Gasteiger partial charge in [-0.1, -0.05) is 0 Å². The molecule has 0 atom stereocenters. The first-order chi connectivity index (χ1) is 12.8. The van der Waals surface area contributed by atoms with E-state index in [0.29, 0.717) is 51.5 Å². The Labute approximate surface area is 161 Å². The summed E-state index contributed by atoms with van der Waals surface area (Å²) in [5.74, 6) is -0.133. The van der Waals surface area contributed by atoms with Crippen molar-refractivity contribution in [2.75, 3.05) is 51.1 Å². The zero-order chi connectivity index (χ0) is 20.0. The Morgan fingerprint density at radius 1 is 1.04 bits per heavy atom. The predicted molar refractivity (Wildman–Crippen MR) is 104 cm³/mol. The Morgan fingerprint density at radius 2 is 1.59 bits per heavy atom. The molecule has 1 aliphatic heterocycles. The first kappa shape index (κ1) is 21.3. The minimum Gasteiger partial charge on any atom is -0.342 e. The Kier molecular flexibility index (Phi) is 7.34. The van der Waals surface area contributed by atoms with E-state index in [0.717, 1.165) is 0 Å². The van der Waals surface area contributed by atoms with Crippen molar-refractivity contribution in [1.82, 2.24) is 14.1 Å². The number of anilines is 1. The molecule has 8 nitrogen and oxygen atoms in total. The van der Waals surface area contributed by atoms with Crippen molar-refractivity contribution in [1.29, 1.82) is 0 Å². The van der Waals surface area contributed by atoms with Crippen LogP contribution < -0.4 is 5.32 Å². The van der Waals surface area contributed by atoms with Gasteiger partial charge in [-0.05, 0) is 38.1 Å². The lowest BCUT2D eigenvalue weighted by Gasteiger charge is -2.34. The second-order valence-electron chi connectivity index (χ2n) is 6.45. The Balaban J connectivity index is 1.96. The number of carbonyl (C=O) groups excluding carboxylic acids is 2. The largest absolute Gasteiger partial charge is 0.342 e. The fourth-order valence-electron chi connectivity index (χ4n) is 3.06. The maximum atomic E-state index is 12.8. The lowest BCUT2D eigenvalue weighted by Crippen LogP contribution is -2.51. The van der Waals surface area contributed by atoms with E-state index in [9.17, 15) is 18.0 Å². The van der Waals surface area contributed by atoms with Gasteiger partial charge in [0.05, 0.1) is 11.4 Å². The number of piperazine rings is 1. The Morgan fingerprint density at radius 3 is 2.07 bits per heavy atom. The van der Waals surface area contributed by atoms with Gasteiger partial charge in [-0.2, -0.15) is 4.31 Å². The fraction of sp³-hybridized carbons (Fsp3) is 0.556. The molecular weight excluding hydrogens is 368 g/mol. The van der Waals surface area contributed by atoms with Crippen LogP contribution >= 0.6 is 0 Å². The standard InChI is InChI=1S/C18H28N4O4S/c1-4-21(5-2)18(24)14-20-10-12-22(13-11-20)27(25,26)17-8-6-16(7-9-17)19-15(3)23/h6-9H,4-5,10-14H2,1-3H3,(H,19,23). The van der Waals surface area contributed by atoms with Crippen LogP contribution in [0.5, 0.6) is 0 Å². The monoisotopic (exact) mass is 396 g/mol. The molecule has 0 unspecified atom stereocenters. The zero-order valence-electron chi connectivity index (χ0n) is 16.1. The highest BCUT2D eigenvalue weighted by Gasteiger charge is 2.29. The molecule has 1 N–H and O–H groups in total. The van der Waals surface area contributed by atoms with Gasteiger partial charge in [0.1, 0.15) is 0 Å². The number of nitrogens with one attached hydrogen (secondary N) is 1. The highest BCUT2D eigenvalue weighted by Crippen LogP contribution is 2.20. The maximum absolute atomic E-state index is 12.8. The van der Waals surface area contributed by atoms with Gasteiger partial charge in [0.2, 0.25) is 21.8 Å². The molecule has 0 aliphatic carbocycles. The van der Waals surface area contributed by atoms with E-state index in [-0.39, 0.29) is 16.7 Å². The van der Waals surface area contributed by atoms with Crippen LogP contribution in [0.25, 0.3) is 0 Å². The third-order valence-corrected chi connectivity index (χ3v) is 6.53. The number of amides is 2. The van der Waals surface area contributed by atoms with Gasteiger partial charge >= 0.3 is 0 Å². The summed E-state index contributed by atoms with van der Waals surface area (Å²) in [6.45, 7) is 8.72. The predicted octanol–water partition coefficient (Wildman–Crippen LogP) is 0.820. The van der Waals surface area contributed by atoms with Crippen molar-refractivity contribution >= 4 is 27.5 Å². The summed E-state index contributed by atoms with van der Waals surface area (Å²) in [4.78, 5) is 27.2. The number of rotatable bonds is 7. The van der Waals surface area contributed by atoms with Crippen LogP contribution in [-0.2, 0) is 19.6 Å². The van der Waals surface area contributed by atoms with Gasteiger partial charge in [0, 0.05) is 51.9 Å². The second kappa shape index (κ2) is 9.29. The fourth-order valence-corrected chi connectivity index (χ4v) is 4.48. The molecule has 1 heterocycles. The molecule has 0 radical (unpaired) electrons. The number of hydrogen-bond acceptors (Lipinski definition) is 5. The molecule has 150 valence electrons. The second-order valence-corrected chi connectivity index (χ2v) is 8.39. The summed E-state index contributed by atoms with van der Waals surface area (Å²) in [5, 5.41) is 2.62. The van der Waals surface area contributed by atoms with Crippen molar-refractivity contribution in [3.05, 3.63) is 24.3 Å². The minimum absolute atomic E-state index is 0.0740. The van der Waals surface area contributed by atoms with Crippen molar-refractivity contribution in [2.45, 2.75) is 25.7 Å². The quantitative estimate of drug-likeness (QED) is 0.737. The minimum atomic E-state index is -3.59. The van der Waals surface area contributed by atoms with E-state index >= 15 is 0 Å². The molecule has 1 aromatic rings. The average molecular weight is 397 g/mol. The normalized spacial score (nSPS) is 16.1. The molecule has 0 spiro atoms. The van der Waals surface area contributed by atoms with Crippen LogP contribution in [-0.4, -0.2) is 80.2 Å². The third kappa shape index (κ3) is 5.50. The molecule has 2 rings (SSSR count). The van der Waals surface area contributed by atoms with Gasteiger partial charge in [0.15, 0.2) is 0 Å². The highest BCUT2D eigenvalue weighted by molar-refractivity contribution is 7.89. The van der Waals surface area contributed by atoms with E-state index < -0.39 is 10.0 Å². The van der Waals surface area contributed by atoms with Crippen molar-refractivity contribution in [3.63, 3.8) is 0 Å². The van der Waals surface area contributed by atoms with Gasteiger partial charge in [-0.25, -0.2) is 8.42 Å². The molecule has 1 aromatic carbocycles. The molecular formula is C18H28N4O4S.